The minimum absolute atomic E-state index is 0.0588. The molecule has 0 amide bonds. The normalized spacial score (nSPS) is 16.2. The van der Waals surface area contributed by atoms with Crippen LogP contribution >= 0.6 is 0 Å². The van der Waals surface area contributed by atoms with Crippen LogP contribution in [0.5, 0.6) is 5.75 Å². The van der Waals surface area contributed by atoms with Gasteiger partial charge in [0.15, 0.2) is 0 Å². The molecule has 3 rings (SSSR count). The average molecular weight is 374 g/mol. The highest BCUT2D eigenvalue weighted by Gasteiger charge is 2.31. The second-order valence-corrected chi connectivity index (χ2v) is 8.13. The number of hydrogen-bond acceptors (Lipinski definition) is 4. The van der Waals surface area contributed by atoms with Gasteiger partial charge in [0, 0.05) is 13.1 Å². The van der Waals surface area contributed by atoms with Gasteiger partial charge < -0.3 is 4.74 Å². The molecule has 0 aromatic heterocycles. The molecule has 0 atom stereocenters. The van der Waals surface area contributed by atoms with Crippen LogP contribution in [0.4, 0.5) is 4.39 Å². The van der Waals surface area contributed by atoms with Crippen LogP contribution in [0.2, 0.25) is 0 Å². The molecule has 1 heterocycles. The highest BCUT2D eigenvalue weighted by atomic mass is 32.2. The molecule has 0 N–H and O–H groups in total. The van der Waals surface area contributed by atoms with Crippen molar-refractivity contribution >= 4 is 10.0 Å². The Morgan fingerprint density at radius 1 is 1.12 bits per heavy atom. The van der Waals surface area contributed by atoms with Crippen molar-refractivity contribution in [2.45, 2.75) is 17.7 Å². The minimum Gasteiger partial charge on any atom is -0.493 e. The van der Waals surface area contributed by atoms with E-state index in [9.17, 15) is 12.8 Å². The second kappa shape index (κ2) is 7.85. The Morgan fingerprint density at radius 3 is 2.42 bits per heavy atom. The second-order valence-electron chi connectivity index (χ2n) is 6.22. The van der Waals surface area contributed by atoms with Crippen molar-refractivity contribution in [3.8, 4) is 11.8 Å². The lowest BCUT2D eigenvalue weighted by molar-refractivity contribution is 0.185. The highest BCUT2D eigenvalue weighted by Crippen LogP contribution is 2.26. The van der Waals surface area contributed by atoms with Crippen LogP contribution in [0, 0.1) is 23.1 Å². The van der Waals surface area contributed by atoms with E-state index in [0.29, 0.717) is 38.3 Å². The molecule has 1 aliphatic rings. The fourth-order valence-electron chi connectivity index (χ4n) is 2.98. The fraction of sp³-hybridized carbons (Fsp3) is 0.316. The summed E-state index contributed by atoms with van der Waals surface area (Å²) >= 11 is 0. The maximum atomic E-state index is 12.9. The summed E-state index contributed by atoms with van der Waals surface area (Å²) in [5.41, 5.74) is 0.161. The smallest absolute Gasteiger partial charge is 0.244 e. The molecular weight excluding hydrogens is 355 g/mol. The minimum atomic E-state index is -3.67. The van der Waals surface area contributed by atoms with Crippen LogP contribution < -0.4 is 4.74 Å². The number of halogens is 1. The molecule has 2 aromatic carbocycles. The quantitative estimate of drug-likeness (QED) is 0.806. The molecular formula is C19H19FN2O3S. The lowest BCUT2D eigenvalue weighted by Gasteiger charge is -2.31. The van der Waals surface area contributed by atoms with Gasteiger partial charge in [0.05, 0.1) is 17.1 Å². The average Bonchev–Trinajstić information content (AvgIpc) is 2.68. The topological polar surface area (TPSA) is 70.4 Å². The molecule has 5 nitrogen and oxygen atoms in total. The predicted molar refractivity (Wildman–Crippen MR) is 94.5 cm³/mol. The molecule has 0 saturated carbocycles. The van der Waals surface area contributed by atoms with Crippen LogP contribution in [-0.2, 0) is 10.0 Å². The van der Waals surface area contributed by atoms with E-state index in [1.54, 1.807) is 24.3 Å². The van der Waals surface area contributed by atoms with E-state index in [1.807, 2.05) is 6.07 Å². The summed E-state index contributed by atoms with van der Waals surface area (Å²) in [6, 6.07) is 14.0. The Morgan fingerprint density at radius 2 is 1.77 bits per heavy atom. The van der Waals surface area contributed by atoms with Gasteiger partial charge in [0.1, 0.15) is 17.6 Å². The molecule has 7 heteroatoms. The van der Waals surface area contributed by atoms with Gasteiger partial charge in [-0.15, -0.1) is 0 Å². The van der Waals surface area contributed by atoms with Gasteiger partial charge in [-0.3, -0.25) is 0 Å². The number of nitrogens with zero attached hydrogens (tertiary/aromatic N) is 2. The van der Waals surface area contributed by atoms with E-state index in [1.165, 1.54) is 28.6 Å². The zero-order chi connectivity index (χ0) is 18.6. The van der Waals surface area contributed by atoms with E-state index in [4.69, 9.17) is 10.00 Å². The molecule has 26 heavy (non-hydrogen) atoms. The number of piperidine rings is 1. The Hall–Kier alpha value is -2.43. The van der Waals surface area contributed by atoms with Crippen molar-refractivity contribution in [1.82, 2.24) is 4.31 Å². The third-order valence-electron chi connectivity index (χ3n) is 4.50. The van der Waals surface area contributed by atoms with Crippen molar-refractivity contribution in [3.63, 3.8) is 0 Å². The first-order chi connectivity index (χ1) is 12.5. The molecule has 1 fully saturated rings. The van der Waals surface area contributed by atoms with Crippen LogP contribution in [0.1, 0.15) is 18.4 Å². The van der Waals surface area contributed by atoms with Gasteiger partial charge in [0.25, 0.3) is 0 Å². The lowest BCUT2D eigenvalue weighted by atomic mass is 9.99. The Kier molecular flexibility index (Phi) is 5.55. The van der Waals surface area contributed by atoms with Crippen LogP contribution in [-0.4, -0.2) is 32.4 Å². The molecule has 0 unspecified atom stereocenters. The summed E-state index contributed by atoms with van der Waals surface area (Å²) in [4.78, 5) is 0.0588. The first-order valence-corrected chi connectivity index (χ1v) is 9.82. The number of rotatable bonds is 5. The Balaban J connectivity index is 1.59. The highest BCUT2D eigenvalue weighted by molar-refractivity contribution is 7.89. The monoisotopic (exact) mass is 374 g/mol. The van der Waals surface area contributed by atoms with Gasteiger partial charge in [0.2, 0.25) is 10.0 Å². The molecule has 0 bridgehead atoms. The van der Waals surface area contributed by atoms with E-state index < -0.39 is 10.0 Å². The van der Waals surface area contributed by atoms with Crippen LogP contribution in [0.25, 0.3) is 0 Å². The summed E-state index contributed by atoms with van der Waals surface area (Å²) < 4.78 is 45.6. The zero-order valence-corrected chi connectivity index (χ0v) is 15.0. The van der Waals surface area contributed by atoms with Crippen molar-refractivity contribution in [2.75, 3.05) is 19.7 Å². The third-order valence-corrected chi connectivity index (χ3v) is 6.45. The number of sulfonamides is 1. The van der Waals surface area contributed by atoms with E-state index >= 15 is 0 Å². The zero-order valence-electron chi connectivity index (χ0n) is 14.1. The summed E-state index contributed by atoms with van der Waals surface area (Å²) in [6.07, 6.45) is 1.35. The molecule has 1 aliphatic heterocycles. The molecule has 0 radical (unpaired) electrons. The first kappa shape index (κ1) is 18.4. The molecule has 136 valence electrons. The maximum absolute atomic E-state index is 12.9. The van der Waals surface area contributed by atoms with Gasteiger partial charge >= 0.3 is 0 Å². The van der Waals surface area contributed by atoms with Crippen molar-refractivity contribution < 1.29 is 17.5 Å². The number of hydrogen-bond donors (Lipinski definition) is 0. The van der Waals surface area contributed by atoms with Crippen molar-refractivity contribution in [1.29, 1.82) is 5.26 Å². The molecule has 0 aliphatic carbocycles. The van der Waals surface area contributed by atoms with Crippen molar-refractivity contribution in [3.05, 3.63) is 59.9 Å². The van der Waals surface area contributed by atoms with E-state index in [0.717, 1.165) is 0 Å². The summed E-state index contributed by atoms with van der Waals surface area (Å²) in [6.45, 7) is 1.24. The Bertz CT molecular complexity index is 899. The van der Waals surface area contributed by atoms with Gasteiger partial charge in [-0.1, -0.05) is 12.1 Å². The van der Waals surface area contributed by atoms with Gasteiger partial charge in [-0.2, -0.15) is 9.57 Å². The summed E-state index contributed by atoms with van der Waals surface area (Å²) in [7, 11) is -3.67. The fourth-order valence-corrected chi connectivity index (χ4v) is 4.60. The number of benzene rings is 2. The predicted octanol–water partition coefficient (Wildman–Crippen LogP) is 3.18. The largest absolute Gasteiger partial charge is 0.493 e. The molecule has 1 saturated heterocycles. The Labute approximate surface area is 152 Å². The van der Waals surface area contributed by atoms with E-state index in [2.05, 4.69) is 0 Å². The number of nitriles is 1. The van der Waals surface area contributed by atoms with Crippen LogP contribution in [0.3, 0.4) is 0 Å². The third kappa shape index (κ3) is 4.03. The first-order valence-electron chi connectivity index (χ1n) is 8.38. The number of ether oxygens (including phenoxy) is 1. The molecule has 0 spiro atoms. The lowest BCUT2D eigenvalue weighted by Crippen LogP contribution is -2.39. The standard InChI is InChI=1S/C19H19FN2O3S/c20-17-5-7-18(8-6-17)25-14-15-9-11-22(12-10-15)26(23,24)19-4-2-1-3-16(19)13-21/h1-8,15H,9-12,14H2. The molecule has 2 aromatic rings. The van der Waals surface area contributed by atoms with Crippen molar-refractivity contribution in [2.24, 2.45) is 5.92 Å². The summed E-state index contributed by atoms with van der Waals surface area (Å²) in [5.74, 6) is 0.524. The SMILES string of the molecule is N#Cc1ccccc1S(=O)(=O)N1CCC(COc2ccc(F)cc2)CC1. The van der Waals surface area contributed by atoms with Gasteiger partial charge in [-0.25, -0.2) is 12.8 Å². The van der Waals surface area contributed by atoms with E-state index in [-0.39, 0.29) is 22.2 Å². The maximum Gasteiger partial charge on any atom is 0.244 e. The van der Waals surface area contributed by atoms with Gasteiger partial charge in [-0.05, 0) is 55.2 Å². The summed E-state index contributed by atoms with van der Waals surface area (Å²) in [5, 5.41) is 9.14. The van der Waals surface area contributed by atoms with Crippen LogP contribution in [0.15, 0.2) is 53.4 Å².